The van der Waals surface area contributed by atoms with Gasteiger partial charge >= 0.3 is 0 Å². The molecule has 0 radical (unpaired) electrons. The lowest BCUT2D eigenvalue weighted by atomic mass is 9.71. The van der Waals surface area contributed by atoms with Crippen molar-refractivity contribution in [1.82, 2.24) is 29.6 Å². The van der Waals surface area contributed by atoms with Crippen LogP contribution < -0.4 is 9.80 Å². The molecule has 0 aliphatic carbocycles. The summed E-state index contributed by atoms with van der Waals surface area (Å²) in [6.45, 7) is 2.03. The highest BCUT2D eigenvalue weighted by Gasteiger charge is 2.42. The molecule has 75 heavy (non-hydrogen) atoms. The number of hydrogen-bond acceptors (Lipinski definition) is 7. The second-order valence-corrected chi connectivity index (χ2v) is 20.2. The van der Waals surface area contributed by atoms with Crippen molar-refractivity contribution >= 4 is 95.3 Å². The van der Waals surface area contributed by atoms with Gasteiger partial charge in [0.15, 0.2) is 10.7 Å². The highest BCUT2D eigenvalue weighted by Crippen LogP contribution is 2.61. The minimum absolute atomic E-state index is 0.413. The fourth-order valence-corrected chi connectivity index (χ4v) is 12.0. The average Bonchev–Trinajstić information content (AvgIpc) is 4.18. The molecule has 0 spiro atoms. The van der Waals surface area contributed by atoms with Crippen LogP contribution in [0.25, 0.3) is 88.5 Å². The van der Waals surface area contributed by atoms with E-state index in [1.54, 1.807) is 4.68 Å². The van der Waals surface area contributed by atoms with Gasteiger partial charge in [0.2, 0.25) is 0 Å². The number of nitrogens with zero attached hydrogens (tertiary/aromatic N) is 8. The van der Waals surface area contributed by atoms with Crippen molar-refractivity contribution in [2.24, 2.45) is 14.1 Å². The van der Waals surface area contributed by atoms with Gasteiger partial charge in [0.05, 0.1) is 34.1 Å². The van der Waals surface area contributed by atoms with Crippen molar-refractivity contribution in [3.05, 3.63) is 232 Å². The molecule has 0 N–H and O–H groups in total. The Hall–Kier alpha value is -8.76. The van der Waals surface area contributed by atoms with Gasteiger partial charge in [0.25, 0.3) is 0 Å². The fourth-order valence-electron chi connectivity index (χ4n) is 11.4. The molecule has 4 heterocycles. The van der Waals surface area contributed by atoms with Crippen LogP contribution in [0.4, 0.5) is 17.1 Å². The smallest absolute Gasteiger partial charge is 0.154 e. The second kappa shape index (κ2) is 18.3. The van der Waals surface area contributed by atoms with E-state index in [0.717, 1.165) is 122 Å². The van der Waals surface area contributed by atoms with Crippen LogP contribution in [0, 0.1) is 6.92 Å². The predicted octanol–water partition coefficient (Wildman–Crippen LogP) is 16.2. The minimum atomic E-state index is -0.426. The Balaban J connectivity index is 1.30. The summed E-state index contributed by atoms with van der Waals surface area (Å²) in [6.07, 6.45) is 8.47. The first-order chi connectivity index (χ1) is 36.6. The number of hydrogen-bond donors (Lipinski definition) is 0. The summed E-state index contributed by atoms with van der Waals surface area (Å²) in [6, 6.07) is 60.6. The fraction of sp³-hybridized carbons (Fsp3) is 0.0938. The maximum absolute atomic E-state index is 7.68. The van der Waals surface area contributed by atoms with E-state index >= 15 is 0 Å². The first-order valence-corrected chi connectivity index (χ1v) is 25.6. The van der Waals surface area contributed by atoms with Gasteiger partial charge in [0, 0.05) is 68.1 Å². The van der Waals surface area contributed by atoms with Crippen LogP contribution in [0.2, 0.25) is 10.2 Å². The molecule has 3 aromatic heterocycles. The summed E-state index contributed by atoms with van der Waals surface area (Å²) in [7, 11) is 8.10. The molecule has 12 aromatic rings. The van der Waals surface area contributed by atoms with E-state index in [9.17, 15) is 0 Å². The van der Waals surface area contributed by atoms with Crippen molar-refractivity contribution in [2.75, 3.05) is 23.9 Å². The average molecular weight is 1020 g/mol. The number of allylic oxidation sites excluding steroid dienone is 2. The number of imidazole rings is 1. The first-order valence-electron chi connectivity index (χ1n) is 24.9. The molecular weight excluding hydrogens is 968 g/mol. The van der Waals surface area contributed by atoms with Crippen LogP contribution in [0.5, 0.6) is 0 Å². The molecule has 1 atom stereocenters. The van der Waals surface area contributed by atoms with Gasteiger partial charge in [-0.05, 0) is 113 Å². The van der Waals surface area contributed by atoms with Crippen LogP contribution in [0.3, 0.4) is 0 Å². The Kier molecular flexibility index (Phi) is 11.2. The van der Waals surface area contributed by atoms with Crippen molar-refractivity contribution in [3.63, 3.8) is 0 Å². The van der Waals surface area contributed by atoms with Crippen LogP contribution in [-0.2, 0) is 14.1 Å². The number of aromatic nitrogens is 6. The zero-order valence-electron chi connectivity index (χ0n) is 41.8. The van der Waals surface area contributed by atoms with Gasteiger partial charge in [-0.3, -0.25) is 4.68 Å². The quantitative estimate of drug-likeness (QED) is 0.142. The monoisotopic (exact) mass is 1010 g/mol. The third-order valence-corrected chi connectivity index (χ3v) is 15.5. The first kappa shape index (κ1) is 46.1. The SMILES string of the molecule is Cc1nn(C)c(Cl)c1N1C(C=Cc2ccccc2)=C(c2ccc3ccccc3c2)C(c2cccc3ccccc23)c2c1cc(-c1ccc3nonc3c1Cl)c(-c1cccc3c(N(C)C)cccc13)c2-c1cn(C)cn1. The molecule has 1 aliphatic heterocycles. The standard InChI is InChI=1S/C64H48Cl2N8O/c1-38-63(64(66)73(5)68-38)74-54(33-28-39-16-7-6-8-17-39)56(43-30-29-40-18-9-10-20-42(40)34-43)58(47-25-13-21-41-19-11-12-22-44(41)47)60-55(74)35-50(49-31-32-51-62(61(49)65)70-75-69-51)57(59(60)52-36-72(4)37-67-52)48-26-14-24-46-45(48)23-15-27-53(46)71(2)3/h6-37,58H,1-5H3. The Morgan fingerprint density at radius 1 is 0.640 bits per heavy atom. The van der Waals surface area contributed by atoms with Crippen molar-refractivity contribution in [3.8, 4) is 33.5 Å². The van der Waals surface area contributed by atoms with Crippen LogP contribution >= 0.6 is 23.2 Å². The number of rotatable bonds is 9. The molecule has 11 heteroatoms. The molecule has 0 saturated heterocycles. The van der Waals surface area contributed by atoms with Crippen LogP contribution in [0.1, 0.15) is 33.9 Å². The molecule has 1 unspecified atom stereocenters. The molecule has 13 rings (SSSR count). The van der Waals surface area contributed by atoms with E-state index in [1.807, 2.05) is 50.1 Å². The molecule has 9 aromatic carbocycles. The molecular formula is C64H48Cl2N8O. The van der Waals surface area contributed by atoms with Crippen LogP contribution in [-0.4, -0.2) is 43.7 Å². The Morgan fingerprint density at radius 3 is 2.16 bits per heavy atom. The van der Waals surface area contributed by atoms with E-state index in [1.165, 1.54) is 0 Å². The van der Waals surface area contributed by atoms with Crippen molar-refractivity contribution in [1.29, 1.82) is 0 Å². The predicted molar refractivity (Wildman–Crippen MR) is 309 cm³/mol. The summed E-state index contributed by atoms with van der Waals surface area (Å²) in [5.41, 5.74) is 16.0. The molecule has 0 fully saturated rings. The molecule has 0 amide bonds. The highest BCUT2D eigenvalue weighted by atomic mass is 35.5. The van der Waals surface area contributed by atoms with Gasteiger partial charge in [-0.1, -0.05) is 175 Å². The maximum atomic E-state index is 7.68. The number of anilines is 3. The normalized spacial score (nSPS) is 13.8. The molecule has 0 bridgehead atoms. The third kappa shape index (κ3) is 7.60. The zero-order valence-corrected chi connectivity index (χ0v) is 43.3. The van der Waals surface area contributed by atoms with Gasteiger partial charge in [-0.2, -0.15) is 5.10 Å². The van der Waals surface area contributed by atoms with E-state index in [2.05, 4.69) is 204 Å². The Bertz CT molecular complexity index is 4310. The lowest BCUT2D eigenvalue weighted by Crippen LogP contribution is -2.28. The summed E-state index contributed by atoms with van der Waals surface area (Å²) in [5, 5.41) is 21.2. The summed E-state index contributed by atoms with van der Waals surface area (Å²) in [4.78, 5) is 9.86. The second-order valence-electron chi connectivity index (χ2n) is 19.5. The van der Waals surface area contributed by atoms with Crippen LogP contribution in [0.15, 0.2) is 199 Å². The zero-order chi connectivity index (χ0) is 51.1. The van der Waals surface area contributed by atoms with Gasteiger partial charge in [0.1, 0.15) is 11.2 Å². The topological polar surface area (TPSA) is 81.0 Å². The maximum Gasteiger partial charge on any atom is 0.154 e. The van der Waals surface area contributed by atoms with E-state index in [0.29, 0.717) is 21.2 Å². The Morgan fingerprint density at radius 2 is 1.37 bits per heavy atom. The molecule has 364 valence electrons. The molecule has 0 saturated carbocycles. The Labute approximate surface area is 443 Å². The summed E-state index contributed by atoms with van der Waals surface area (Å²) < 4.78 is 9.12. The van der Waals surface area contributed by atoms with Crippen molar-refractivity contribution < 1.29 is 4.63 Å². The largest absolute Gasteiger partial charge is 0.377 e. The molecule has 1 aliphatic rings. The minimum Gasteiger partial charge on any atom is -0.377 e. The van der Waals surface area contributed by atoms with E-state index in [4.69, 9.17) is 37.9 Å². The van der Waals surface area contributed by atoms with E-state index < -0.39 is 5.92 Å². The number of fused-ring (bicyclic) bond motifs is 5. The van der Waals surface area contributed by atoms with Gasteiger partial charge < -0.3 is 14.4 Å². The summed E-state index contributed by atoms with van der Waals surface area (Å²) in [5.74, 6) is -0.426. The molecule has 9 nitrogen and oxygen atoms in total. The third-order valence-electron chi connectivity index (χ3n) is 14.7. The lowest BCUT2D eigenvalue weighted by Gasteiger charge is -2.42. The number of halogens is 2. The number of aryl methyl sites for hydroxylation is 3. The summed E-state index contributed by atoms with van der Waals surface area (Å²) >= 11 is 15.4. The lowest BCUT2D eigenvalue weighted by molar-refractivity contribution is 0.315. The van der Waals surface area contributed by atoms with Crippen molar-refractivity contribution in [2.45, 2.75) is 12.8 Å². The van der Waals surface area contributed by atoms with E-state index in [-0.39, 0.29) is 0 Å². The van der Waals surface area contributed by atoms with Gasteiger partial charge in [-0.25, -0.2) is 9.61 Å². The highest BCUT2D eigenvalue weighted by molar-refractivity contribution is 6.38. The van der Waals surface area contributed by atoms with Gasteiger partial charge in [-0.15, -0.1) is 0 Å². The number of benzene rings is 9.